The van der Waals surface area contributed by atoms with E-state index >= 15 is 0 Å². The lowest BCUT2D eigenvalue weighted by Crippen LogP contribution is -2.15. The molecule has 1 amide bonds. The van der Waals surface area contributed by atoms with Crippen LogP contribution < -0.4 is 5.32 Å². The number of aromatic nitrogens is 3. The number of nitrogens with zero attached hydrogens (tertiary/aromatic N) is 3. The van der Waals surface area contributed by atoms with E-state index < -0.39 is 11.7 Å². The highest BCUT2D eigenvalue weighted by molar-refractivity contribution is 6.33. The molecule has 8 heteroatoms. The van der Waals surface area contributed by atoms with E-state index in [4.69, 9.17) is 16.1 Å². The van der Waals surface area contributed by atoms with Gasteiger partial charge in [-0.05, 0) is 25.1 Å². The van der Waals surface area contributed by atoms with Crippen molar-refractivity contribution in [2.45, 2.75) is 6.92 Å². The molecule has 6 nitrogen and oxygen atoms in total. The monoisotopic (exact) mass is 332 g/mol. The first-order chi connectivity index (χ1) is 11.1. The molecule has 0 saturated heterocycles. The van der Waals surface area contributed by atoms with Crippen LogP contribution in [-0.2, 0) is 0 Å². The van der Waals surface area contributed by atoms with Crippen LogP contribution in [0.3, 0.4) is 0 Å². The lowest BCUT2D eigenvalue weighted by Gasteiger charge is -2.06. The lowest BCUT2D eigenvalue weighted by atomic mass is 10.0. The maximum atomic E-state index is 14.1. The largest absolute Gasteiger partial charge is 0.360 e. The summed E-state index contributed by atoms with van der Waals surface area (Å²) >= 11 is 6.03. The predicted molar refractivity (Wildman–Crippen MR) is 81.6 cm³/mol. The Kier molecular flexibility index (Phi) is 4.03. The molecule has 23 heavy (non-hydrogen) atoms. The fourth-order valence-electron chi connectivity index (χ4n) is 2.06. The Hall–Kier alpha value is -2.80. The van der Waals surface area contributed by atoms with Crippen molar-refractivity contribution < 1.29 is 13.7 Å². The Morgan fingerprint density at radius 3 is 2.70 bits per heavy atom. The molecule has 2 heterocycles. The number of amides is 1. The topological polar surface area (TPSA) is 80.9 Å². The van der Waals surface area contributed by atoms with Crippen LogP contribution in [0.15, 0.2) is 41.2 Å². The molecule has 1 aromatic carbocycles. The van der Waals surface area contributed by atoms with Gasteiger partial charge >= 0.3 is 0 Å². The minimum absolute atomic E-state index is 0.00477. The minimum Gasteiger partial charge on any atom is -0.360 e. The molecule has 0 atom stereocenters. The van der Waals surface area contributed by atoms with Gasteiger partial charge in [0.1, 0.15) is 22.8 Å². The quantitative estimate of drug-likeness (QED) is 0.794. The van der Waals surface area contributed by atoms with E-state index in [0.29, 0.717) is 0 Å². The SMILES string of the molecule is Cc1onc(-c2c(F)cccc2Cl)c1C(=O)Nc1ncccn1. The first-order valence-electron chi connectivity index (χ1n) is 6.57. The van der Waals surface area contributed by atoms with Gasteiger partial charge in [0.15, 0.2) is 0 Å². The normalized spacial score (nSPS) is 10.6. The second-order valence-electron chi connectivity index (χ2n) is 4.59. The van der Waals surface area contributed by atoms with Crippen molar-refractivity contribution in [3.8, 4) is 11.3 Å². The van der Waals surface area contributed by atoms with Crippen molar-refractivity contribution in [3.05, 3.63) is 58.8 Å². The van der Waals surface area contributed by atoms with E-state index in [2.05, 4.69) is 20.4 Å². The van der Waals surface area contributed by atoms with Gasteiger partial charge < -0.3 is 4.52 Å². The number of hydrogen-bond acceptors (Lipinski definition) is 5. The van der Waals surface area contributed by atoms with Crippen molar-refractivity contribution in [2.75, 3.05) is 5.32 Å². The minimum atomic E-state index is -0.601. The van der Waals surface area contributed by atoms with Gasteiger partial charge in [-0.3, -0.25) is 10.1 Å². The molecule has 0 aliphatic heterocycles. The Morgan fingerprint density at radius 2 is 2.00 bits per heavy atom. The van der Waals surface area contributed by atoms with Gasteiger partial charge in [0.25, 0.3) is 5.91 Å². The fraction of sp³-hybridized carbons (Fsp3) is 0.0667. The molecule has 0 radical (unpaired) electrons. The molecule has 3 rings (SSSR count). The molecule has 2 aromatic heterocycles. The highest BCUT2D eigenvalue weighted by Gasteiger charge is 2.25. The van der Waals surface area contributed by atoms with Crippen molar-refractivity contribution in [2.24, 2.45) is 0 Å². The molecule has 0 aliphatic rings. The Morgan fingerprint density at radius 1 is 1.26 bits per heavy atom. The second kappa shape index (κ2) is 6.13. The van der Waals surface area contributed by atoms with Crippen LogP contribution in [0.2, 0.25) is 5.02 Å². The van der Waals surface area contributed by atoms with Gasteiger partial charge in [-0.25, -0.2) is 14.4 Å². The number of benzene rings is 1. The molecule has 0 spiro atoms. The summed E-state index contributed by atoms with van der Waals surface area (Å²) < 4.78 is 19.1. The first kappa shape index (κ1) is 15.1. The number of hydrogen-bond donors (Lipinski definition) is 1. The van der Waals surface area contributed by atoms with E-state index in [9.17, 15) is 9.18 Å². The molecule has 0 fully saturated rings. The molecular formula is C15H10ClFN4O2. The maximum Gasteiger partial charge on any atom is 0.263 e. The van der Waals surface area contributed by atoms with Crippen molar-refractivity contribution in [1.82, 2.24) is 15.1 Å². The first-order valence-corrected chi connectivity index (χ1v) is 6.94. The summed E-state index contributed by atoms with van der Waals surface area (Å²) in [6.07, 6.45) is 2.97. The van der Waals surface area contributed by atoms with Crippen LogP contribution in [0, 0.1) is 12.7 Å². The zero-order chi connectivity index (χ0) is 16.4. The summed E-state index contributed by atoms with van der Waals surface area (Å²) in [6, 6.07) is 5.82. The molecular weight excluding hydrogens is 323 g/mol. The van der Waals surface area contributed by atoms with E-state index in [0.717, 1.165) is 0 Å². The molecule has 116 valence electrons. The summed E-state index contributed by atoms with van der Waals surface area (Å²) in [5, 5.41) is 6.40. The summed E-state index contributed by atoms with van der Waals surface area (Å²) in [5.74, 6) is -0.823. The van der Waals surface area contributed by atoms with E-state index in [1.165, 1.54) is 30.6 Å². The van der Waals surface area contributed by atoms with Gasteiger partial charge in [-0.1, -0.05) is 22.8 Å². The fourth-order valence-corrected chi connectivity index (χ4v) is 2.31. The van der Waals surface area contributed by atoms with Crippen LogP contribution in [0.5, 0.6) is 0 Å². The highest BCUT2D eigenvalue weighted by atomic mass is 35.5. The maximum absolute atomic E-state index is 14.1. The van der Waals surface area contributed by atoms with Crippen LogP contribution >= 0.6 is 11.6 Å². The zero-order valence-corrected chi connectivity index (χ0v) is 12.6. The molecule has 0 unspecified atom stereocenters. The van der Waals surface area contributed by atoms with Crippen molar-refractivity contribution in [3.63, 3.8) is 0 Å². The number of halogens is 2. The molecule has 0 aliphatic carbocycles. The molecule has 0 bridgehead atoms. The second-order valence-corrected chi connectivity index (χ2v) is 4.99. The standard InChI is InChI=1S/C15H10ClFN4O2/c1-8-11(14(22)20-15-18-6-3-7-19-15)13(21-23-8)12-9(16)4-2-5-10(12)17/h2-7H,1H3,(H,18,19,20,22). The van der Waals surface area contributed by atoms with Gasteiger partial charge in [0.2, 0.25) is 5.95 Å². The van der Waals surface area contributed by atoms with Crippen LogP contribution in [-0.4, -0.2) is 21.0 Å². The smallest absolute Gasteiger partial charge is 0.263 e. The van der Waals surface area contributed by atoms with E-state index in [-0.39, 0.29) is 33.6 Å². The highest BCUT2D eigenvalue weighted by Crippen LogP contribution is 2.33. The lowest BCUT2D eigenvalue weighted by molar-refractivity contribution is 0.102. The van der Waals surface area contributed by atoms with Crippen molar-refractivity contribution >= 4 is 23.5 Å². The number of rotatable bonds is 3. The van der Waals surface area contributed by atoms with Crippen molar-refractivity contribution in [1.29, 1.82) is 0 Å². The summed E-state index contributed by atoms with van der Waals surface area (Å²) in [7, 11) is 0. The van der Waals surface area contributed by atoms with Crippen LogP contribution in [0.25, 0.3) is 11.3 Å². The molecule has 0 saturated carbocycles. The number of anilines is 1. The third-order valence-corrected chi connectivity index (χ3v) is 3.40. The number of carbonyl (C=O) groups is 1. The van der Waals surface area contributed by atoms with E-state index in [1.54, 1.807) is 13.0 Å². The molecule has 1 N–H and O–H groups in total. The average Bonchev–Trinajstić information content (AvgIpc) is 2.90. The third kappa shape index (κ3) is 2.91. The summed E-state index contributed by atoms with van der Waals surface area (Å²) in [5.41, 5.74) is 0.105. The Bertz CT molecular complexity index is 847. The molecule has 3 aromatic rings. The predicted octanol–water partition coefficient (Wildman–Crippen LogP) is 3.48. The van der Waals surface area contributed by atoms with Gasteiger partial charge in [-0.15, -0.1) is 0 Å². The zero-order valence-electron chi connectivity index (χ0n) is 11.9. The Balaban J connectivity index is 2.04. The third-order valence-electron chi connectivity index (χ3n) is 3.08. The average molecular weight is 333 g/mol. The van der Waals surface area contributed by atoms with E-state index in [1.807, 2.05) is 0 Å². The number of aryl methyl sites for hydroxylation is 1. The van der Waals surface area contributed by atoms with Gasteiger partial charge in [0, 0.05) is 12.4 Å². The van der Waals surface area contributed by atoms with Gasteiger partial charge in [0.05, 0.1) is 10.6 Å². The van der Waals surface area contributed by atoms with Gasteiger partial charge in [-0.2, -0.15) is 0 Å². The van der Waals surface area contributed by atoms with Crippen LogP contribution in [0.4, 0.5) is 10.3 Å². The Labute approximate surface area is 135 Å². The number of carbonyl (C=O) groups excluding carboxylic acids is 1. The van der Waals surface area contributed by atoms with Crippen LogP contribution in [0.1, 0.15) is 16.1 Å². The number of nitrogens with one attached hydrogen (secondary N) is 1. The summed E-state index contributed by atoms with van der Waals surface area (Å²) in [4.78, 5) is 20.3. The summed E-state index contributed by atoms with van der Waals surface area (Å²) in [6.45, 7) is 1.55.